The first kappa shape index (κ1) is 24.5. The van der Waals surface area contributed by atoms with Crippen molar-refractivity contribution in [3.8, 4) is 0 Å². The molecule has 4 aliphatic heterocycles. The first-order valence-corrected chi connectivity index (χ1v) is 13.3. The summed E-state index contributed by atoms with van der Waals surface area (Å²) in [7, 11) is 1.60. The monoisotopic (exact) mass is 502 g/mol. The maximum Gasteiger partial charge on any atom is 0.244 e. The lowest BCUT2D eigenvalue weighted by atomic mass is 9.71. The first-order valence-electron chi connectivity index (χ1n) is 12.5. The first-order chi connectivity index (χ1) is 17.0. The maximum atomic E-state index is 14.0. The Bertz CT molecular complexity index is 958. The molecule has 6 atom stereocenters. The van der Waals surface area contributed by atoms with Gasteiger partial charge in [0.1, 0.15) is 6.04 Å². The number of nitrogens with zero attached hydrogens (tertiary/aromatic N) is 2. The number of ether oxygens (including phenoxy) is 1. The molecule has 9 nitrogen and oxygen atoms in total. The number of benzene rings is 1. The van der Waals surface area contributed by atoms with E-state index in [1.807, 2.05) is 30.3 Å². The van der Waals surface area contributed by atoms with Gasteiger partial charge < -0.3 is 25.4 Å². The summed E-state index contributed by atoms with van der Waals surface area (Å²) < 4.78 is 4.74. The van der Waals surface area contributed by atoms with E-state index < -0.39 is 28.7 Å². The number of aliphatic hydroxyl groups excluding tert-OH is 1. The number of aliphatic hydroxyl groups is 1. The van der Waals surface area contributed by atoms with Crippen molar-refractivity contribution in [2.75, 3.05) is 53.0 Å². The Morgan fingerprint density at radius 2 is 1.97 bits per heavy atom. The lowest BCUT2D eigenvalue weighted by Gasteiger charge is -2.37. The Kier molecular flexibility index (Phi) is 7.07. The Hall–Kier alpha value is -2.14. The van der Waals surface area contributed by atoms with E-state index in [4.69, 9.17) is 4.74 Å². The van der Waals surface area contributed by atoms with E-state index in [0.29, 0.717) is 32.7 Å². The smallest absolute Gasteiger partial charge is 0.244 e. The van der Waals surface area contributed by atoms with E-state index in [1.54, 1.807) is 23.7 Å². The SMILES string of the molecule is CNC(=O)[C@@H]1[C@H]2C(=O)N([C@H](CO)c3ccccc3)C(C(=O)NCCN3CCOCC3)C23CC[C@H]1S3. The molecule has 4 aliphatic rings. The van der Waals surface area contributed by atoms with Crippen LogP contribution in [0.5, 0.6) is 0 Å². The van der Waals surface area contributed by atoms with Gasteiger partial charge in [-0.25, -0.2) is 0 Å². The zero-order valence-electron chi connectivity index (χ0n) is 20.0. The van der Waals surface area contributed by atoms with Gasteiger partial charge in [0.05, 0.1) is 42.4 Å². The van der Waals surface area contributed by atoms with Gasteiger partial charge in [0.2, 0.25) is 17.7 Å². The van der Waals surface area contributed by atoms with Crippen LogP contribution in [0.1, 0.15) is 24.4 Å². The van der Waals surface area contributed by atoms with Crippen LogP contribution in [0.25, 0.3) is 0 Å². The number of hydrogen-bond acceptors (Lipinski definition) is 7. The van der Waals surface area contributed by atoms with Crippen LogP contribution in [0.4, 0.5) is 0 Å². The molecule has 3 N–H and O–H groups in total. The quantitative estimate of drug-likeness (QED) is 0.459. The van der Waals surface area contributed by atoms with Crippen molar-refractivity contribution in [2.45, 2.75) is 34.9 Å². The minimum Gasteiger partial charge on any atom is -0.394 e. The zero-order valence-corrected chi connectivity index (χ0v) is 20.8. The highest BCUT2D eigenvalue weighted by Crippen LogP contribution is 2.67. The number of rotatable bonds is 8. The predicted octanol–water partition coefficient (Wildman–Crippen LogP) is 0.00560. The van der Waals surface area contributed by atoms with Crippen LogP contribution < -0.4 is 10.6 Å². The molecule has 1 aromatic carbocycles. The van der Waals surface area contributed by atoms with E-state index in [2.05, 4.69) is 15.5 Å². The van der Waals surface area contributed by atoms with Crippen LogP contribution in [0.3, 0.4) is 0 Å². The topological polar surface area (TPSA) is 111 Å². The van der Waals surface area contributed by atoms with Gasteiger partial charge in [-0.15, -0.1) is 11.8 Å². The fraction of sp³-hybridized carbons (Fsp3) is 0.640. The van der Waals surface area contributed by atoms with Gasteiger partial charge in [-0.2, -0.15) is 0 Å². The van der Waals surface area contributed by atoms with Crippen molar-refractivity contribution in [2.24, 2.45) is 11.8 Å². The van der Waals surface area contributed by atoms with Gasteiger partial charge in [0.25, 0.3) is 0 Å². The zero-order chi connectivity index (χ0) is 24.6. The third-order valence-electron chi connectivity index (χ3n) is 8.06. The molecule has 1 spiro atoms. The Morgan fingerprint density at radius 1 is 1.23 bits per heavy atom. The van der Waals surface area contributed by atoms with Crippen LogP contribution in [0.15, 0.2) is 30.3 Å². The number of carbonyl (C=O) groups excluding carboxylic acids is 3. The summed E-state index contributed by atoms with van der Waals surface area (Å²) in [6, 6.07) is 7.95. The number of fused-ring (bicyclic) bond motifs is 1. The van der Waals surface area contributed by atoms with Gasteiger partial charge in [0.15, 0.2) is 0 Å². The molecule has 4 heterocycles. The van der Waals surface area contributed by atoms with E-state index in [9.17, 15) is 19.5 Å². The van der Waals surface area contributed by atoms with Gasteiger partial charge in [-0.3, -0.25) is 19.3 Å². The molecular formula is C25H34N4O5S. The molecule has 0 radical (unpaired) electrons. The number of nitrogens with one attached hydrogen (secondary N) is 2. The number of morpholine rings is 1. The molecule has 35 heavy (non-hydrogen) atoms. The minimum atomic E-state index is -0.744. The molecule has 0 aromatic heterocycles. The second-order valence-corrected chi connectivity index (χ2v) is 11.4. The predicted molar refractivity (Wildman–Crippen MR) is 132 cm³/mol. The summed E-state index contributed by atoms with van der Waals surface area (Å²) in [5.74, 6) is -1.58. The molecule has 3 amide bonds. The third kappa shape index (κ3) is 4.14. The van der Waals surface area contributed by atoms with E-state index >= 15 is 0 Å². The molecule has 10 heteroatoms. The Balaban J connectivity index is 1.45. The summed E-state index contributed by atoms with van der Waals surface area (Å²) in [5.41, 5.74) is 0.780. The molecule has 2 bridgehead atoms. The van der Waals surface area contributed by atoms with Crippen molar-refractivity contribution < 1.29 is 24.2 Å². The summed E-state index contributed by atoms with van der Waals surface area (Å²) >= 11 is 1.64. The maximum absolute atomic E-state index is 14.0. The normalized spacial score (nSPS) is 33.0. The van der Waals surface area contributed by atoms with Crippen molar-refractivity contribution in [1.29, 1.82) is 0 Å². The van der Waals surface area contributed by atoms with Crippen LogP contribution in [0, 0.1) is 11.8 Å². The molecular weight excluding hydrogens is 468 g/mol. The standard InChI is InChI=1S/C25H34N4O5S/c1-26-22(31)19-18-7-8-25(35-18)20(19)24(33)29(17(15-30)16-5-3-2-4-6-16)21(25)23(32)27-9-10-28-11-13-34-14-12-28/h2-6,17-21,30H,7-15H2,1H3,(H,26,31)(H,27,32)/t17-,18-,19+,20+,21?,25?/m1/s1. The largest absolute Gasteiger partial charge is 0.394 e. The summed E-state index contributed by atoms with van der Waals surface area (Å²) in [6.45, 7) is 3.94. The van der Waals surface area contributed by atoms with Crippen LogP contribution in [0.2, 0.25) is 0 Å². The number of likely N-dealkylation sites (tertiary alicyclic amines) is 1. The highest BCUT2D eigenvalue weighted by atomic mass is 32.2. The molecule has 5 rings (SSSR count). The van der Waals surface area contributed by atoms with Crippen LogP contribution >= 0.6 is 11.8 Å². The van der Waals surface area contributed by atoms with Crippen molar-refractivity contribution in [3.05, 3.63) is 35.9 Å². The highest BCUT2D eigenvalue weighted by molar-refractivity contribution is 8.02. The molecule has 2 unspecified atom stereocenters. The summed E-state index contributed by atoms with van der Waals surface area (Å²) in [6.07, 6.45) is 1.50. The molecule has 1 aromatic rings. The minimum absolute atomic E-state index is 0.0269. The lowest BCUT2D eigenvalue weighted by molar-refractivity contribution is -0.142. The van der Waals surface area contributed by atoms with E-state index in [0.717, 1.165) is 25.1 Å². The third-order valence-corrected chi connectivity index (χ3v) is 10.0. The fourth-order valence-electron chi connectivity index (χ4n) is 6.48. The molecule has 0 aliphatic carbocycles. The van der Waals surface area contributed by atoms with E-state index in [-0.39, 0.29) is 29.6 Å². The van der Waals surface area contributed by atoms with Gasteiger partial charge in [-0.1, -0.05) is 30.3 Å². The number of carbonyl (C=O) groups is 3. The molecule has 190 valence electrons. The highest BCUT2D eigenvalue weighted by Gasteiger charge is 2.74. The van der Waals surface area contributed by atoms with Crippen LogP contribution in [-0.2, 0) is 19.1 Å². The average Bonchev–Trinajstić information content (AvgIpc) is 3.53. The average molecular weight is 503 g/mol. The molecule has 0 saturated carbocycles. The Morgan fingerprint density at radius 3 is 2.66 bits per heavy atom. The van der Waals surface area contributed by atoms with Gasteiger partial charge >= 0.3 is 0 Å². The summed E-state index contributed by atoms with van der Waals surface area (Å²) in [5, 5.41) is 16.3. The van der Waals surface area contributed by atoms with Gasteiger partial charge in [-0.05, 0) is 18.4 Å². The van der Waals surface area contributed by atoms with Gasteiger partial charge in [0, 0.05) is 38.5 Å². The summed E-state index contributed by atoms with van der Waals surface area (Å²) in [4.78, 5) is 44.6. The molecule has 4 fully saturated rings. The number of thioether (sulfide) groups is 1. The van der Waals surface area contributed by atoms with Crippen molar-refractivity contribution >= 4 is 29.5 Å². The second kappa shape index (κ2) is 10.1. The van der Waals surface area contributed by atoms with Crippen LogP contribution in [-0.4, -0.2) is 102 Å². The number of amides is 3. The van der Waals surface area contributed by atoms with Crippen molar-refractivity contribution in [3.63, 3.8) is 0 Å². The Labute approximate surface area is 209 Å². The van der Waals surface area contributed by atoms with Crippen molar-refractivity contribution in [1.82, 2.24) is 20.4 Å². The van der Waals surface area contributed by atoms with E-state index in [1.165, 1.54) is 0 Å². The molecule has 4 saturated heterocycles. The number of hydrogen-bond donors (Lipinski definition) is 3. The lowest BCUT2D eigenvalue weighted by Crippen LogP contribution is -2.55. The fourth-order valence-corrected chi connectivity index (χ4v) is 8.69. The second-order valence-electron chi connectivity index (χ2n) is 9.77.